The molecule has 0 aromatic heterocycles. The molecule has 2 rings (SSSR count). The van der Waals surface area contributed by atoms with E-state index >= 15 is 0 Å². The molecule has 0 spiro atoms. The lowest BCUT2D eigenvalue weighted by molar-refractivity contribution is -0.0387. The number of hydrogen-bond acceptors (Lipinski definition) is 3. The first-order valence-electron chi connectivity index (χ1n) is 6.39. The van der Waals surface area contributed by atoms with Crippen molar-refractivity contribution in [1.82, 2.24) is 4.90 Å². The third-order valence-electron chi connectivity index (χ3n) is 3.32. The summed E-state index contributed by atoms with van der Waals surface area (Å²) in [5, 5.41) is 0.662. The van der Waals surface area contributed by atoms with E-state index in [2.05, 4.69) is 0 Å². The van der Waals surface area contributed by atoms with Crippen molar-refractivity contribution in [2.45, 2.75) is 26.0 Å². The van der Waals surface area contributed by atoms with Gasteiger partial charge in [0, 0.05) is 12.1 Å². The average molecular weight is 318 g/mol. The molecule has 2 atom stereocenters. The molecule has 6 heteroatoms. The number of benzene rings is 1. The van der Waals surface area contributed by atoms with E-state index in [1.54, 1.807) is 17.0 Å². The van der Waals surface area contributed by atoms with Crippen LogP contribution >= 0.6 is 23.2 Å². The molecule has 1 aromatic rings. The van der Waals surface area contributed by atoms with Crippen molar-refractivity contribution >= 4 is 29.1 Å². The Kier molecular flexibility index (Phi) is 4.78. The van der Waals surface area contributed by atoms with Crippen molar-refractivity contribution in [3.05, 3.63) is 27.7 Å². The number of amides is 1. The Labute approximate surface area is 128 Å². The van der Waals surface area contributed by atoms with Gasteiger partial charge in [0.15, 0.2) is 5.75 Å². The third-order valence-corrected chi connectivity index (χ3v) is 3.88. The highest BCUT2D eigenvalue weighted by Crippen LogP contribution is 2.34. The lowest BCUT2D eigenvalue weighted by Crippen LogP contribution is -2.50. The average Bonchev–Trinajstić information content (AvgIpc) is 2.40. The minimum absolute atomic E-state index is 0.0263. The maximum absolute atomic E-state index is 12.6. The lowest BCUT2D eigenvalue weighted by Gasteiger charge is -2.36. The molecule has 110 valence electrons. The zero-order valence-electron chi connectivity index (χ0n) is 11.7. The Balaban J connectivity index is 2.29. The van der Waals surface area contributed by atoms with Gasteiger partial charge >= 0.3 is 0 Å². The molecule has 1 fully saturated rings. The van der Waals surface area contributed by atoms with Gasteiger partial charge < -0.3 is 14.4 Å². The summed E-state index contributed by atoms with van der Waals surface area (Å²) in [7, 11) is 1.49. The highest BCUT2D eigenvalue weighted by atomic mass is 35.5. The van der Waals surface area contributed by atoms with Crippen molar-refractivity contribution in [2.24, 2.45) is 0 Å². The molecule has 4 nitrogen and oxygen atoms in total. The zero-order chi connectivity index (χ0) is 14.9. The SMILES string of the molecule is COc1c(Cl)cc(C(=O)N2CC(C)OCC2C)cc1Cl. The number of hydrogen-bond donors (Lipinski definition) is 0. The molecule has 1 aliphatic heterocycles. The minimum Gasteiger partial charge on any atom is -0.494 e. The van der Waals surface area contributed by atoms with Crippen LogP contribution in [0.25, 0.3) is 0 Å². The largest absolute Gasteiger partial charge is 0.494 e. The Morgan fingerprint density at radius 3 is 2.50 bits per heavy atom. The smallest absolute Gasteiger partial charge is 0.254 e. The Morgan fingerprint density at radius 2 is 1.95 bits per heavy atom. The highest BCUT2D eigenvalue weighted by Gasteiger charge is 2.29. The molecule has 1 amide bonds. The lowest BCUT2D eigenvalue weighted by atomic mass is 10.1. The number of nitrogens with zero attached hydrogens (tertiary/aromatic N) is 1. The topological polar surface area (TPSA) is 38.8 Å². The van der Waals surface area contributed by atoms with Crippen LogP contribution in [-0.2, 0) is 4.74 Å². The quantitative estimate of drug-likeness (QED) is 0.840. The molecule has 1 heterocycles. The molecule has 0 radical (unpaired) electrons. The zero-order valence-corrected chi connectivity index (χ0v) is 13.2. The van der Waals surface area contributed by atoms with Crippen LogP contribution in [0.1, 0.15) is 24.2 Å². The highest BCUT2D eigenvalue weighted by molar-refractivity contribution is 6.37. The van der Waals surface area contributed by atoms with E-state index in [1.165, 1.54) is 7.11 Å². The predicted octanol–water partition coefficient (Wildman–Crippen LogP) is 3.25. The molecule has 0 saturated carbocycles. The summed E-state index contributed by atoms with van der Waals surface area (Å²) < 4.78 is 10.6. The predicted molar refractivity (Wildman–Crippen MR) is 78.9 cm³/mol. The first-order chi connectivity index (χ1) is 9.43. The summed E-state index contributed by atoms with van der Waals surface area (Å²) in [6.45, 7) is 4.99. The van der Waals surface area contributed by atoms with E-state index in [0.29, 0.717) is 34.5 Å². The van der Waals surface area contributed by atoms with Crippen LogP contribution < -0.4 is 4.74 Å². The van der Waals surface area contributed by atoms with E-state index < -0.39 is 0 Å². The van der Waals surface area contributed by atoms with Crippen LogP contribution in [0.5, 0.6) is 5.75 Å². The van der Waals surface area contributed by atoms with Crippen LogP contribution in [0.2, 0.25) is 10.0 Å². The van der Waals surface area contributed by atoms with Gasteiger partial charge in [0.05, 0.1) is 35.9 Å². The van der Waals surface area contributed by atoms with E-state index in [0.717, 1.165) is 0 Å². The Morgan fingerprint density at radius 1 is 1.35 bits per heavy atom. The monoisotopic (exact) mass is 317 g/mol. The summed E-state index contributed by atoms with van der Waals surface area (Å²) in [4.78, 5) is 14.4. The first kappa shape index (κ1) is 15.4. The molecule has 1 aliphatic rings. The molecule has 0 aliphatic carbocycles. The number of carbonyl (C=O) groups is 1. The van der Waals surface area contributed by atoms with Crippen LogP contribution in [0, 0.1) is 0 Å². The maximum atomic E-state index is 12.6. The second kappa shape index (κ2) is 6.20. The van der Waals surface area contributed by atoms with E-state index in [9.17, 15) is 4.79 Å². The van der Waals surface area contributed by atoms with Gasteiger partial charge in [0.25, 0.3) is 5.91 Å². The molecular weight excluding hydrogens is 301 g/mol. The van der Waals surface area contributed by atoms with Crippen molar-refractivity contribution in [3.63, 3.8) is 0 Å². The van der Waals surface area contributed by atoms with Crippen LogP contribution in [0.3, 0.4) is 0 Å². The number of halogens is 2. The number of methoxy groups -OCH3 is 1. The Bertz CT molecular complexity index is 498. The number of morpholine rings is 1. The molecule has 0 bridgehead atoms. The number of ether oxygens (including phenoxy) is 2. The summed E-state index contributed by atoms with van der Waals surface area (Å²) in [6, 6.07) is 3.20. The Hall–Kier alpha value is -0.970. The molecular formula is C14H17Cl2NO3. The second-order valence-electron chi connectivity index (χ2n) is 4.92. The van der Waals surface area contributed by atoms with Crippen molar-refractivity contribution in [3.8, 4) is 5.75 Å². The van der Waals surface area contributed by atoms with Gasteiger partial charge in [0.1, 0.15) is 0 Å². The third kappa shape index (κ3) is 3.03. The molecule has 1 aromatic carbocycles. The standard InChI is InChI=1S/C14H17Cl2NO3/c1-8-7-20-9(2)6-17(8)14(18)10-4-11(15)13(19-3)12(16)5-10/h4-5,8-9H,6-7H2,1-3H3. The summed E-state index contributed by atoms with van der Waals surface area (Å²) in [5.41, 5.74) is 0.460. The van der Waals surface area contributed by atoms with Gasteiger partial charge in [0.2, 0.25) is 0 Å². The number of carbonyl (C=O) groups excluding carboxylic acids is 1. The fourth-order valence-electron chi connectivity index (χ4n) is 2.23. The van der Waals surface area contributed by atoms with Gasteiger partial charge in [-0.15, -0.1) is 0 Å². The summed E-state index contributed by atoms with van der Waals surface area (Å²) >= 11 is 12.2. The van der Waals surface area contributed by atoms with Gasteiger partial charge in [-0.1, -0.05) is 23.2 Å². The van der Waals surface area contributed by atoms with Crippen LogP contribution in [0.15, 0.2) is 12.1 Å². The van der Waals surface area contributed by atoms with E-state index in [1.807, 2.05) is 13.8 Å². The van der Waals surface area contributed by atoms with Crippen molar-refractivity contribution < 1.29 is 14.3 Å². The molecule has 0 N–H and O–H groups in total. The van der Waals surface area contributed by atoms with Gasteiger partial charge in [-0.05, 0) is 26.0 Å². The van der Waals surface area contributed by atoms with Crippen LogP contribution in [-0.4, -0.2) is 43.2 Å². The normalized spacial score (nSPS) is 22.8. The number of rotatable bonds is 2. The first-order valence-corrected chi connectivity index (χ1v) is 7.15. The molecule has 2 unspecified atom stereocenters. The van der Waals surface area contributed by atoms with Gasteiger partial charge in [-0.2, -0.15) is 0 Å². The van der Waals surface area contributed by atoms with Crippen LogP contribution in [0.4, 0.5) is 0 Å². The fraction of sp³-hybridized carbons (Fsp3) is 0.500. The van der Waals surface area contributed by atoms with Gasteiger partial charge in [-0.25, -0.2) is 0 Å². The van der Waals surface area contributed by atoms with E-state index in [4.69, 9.17) is 32.7 Å². The molecule has 20 heavy (non-hydrogen) atoms. The summed E-state index contributed by atoms with van der Waals surface area (Å²) in [5.74, 6) is 0.285. The second-order valence-corrected chi connectivity index (χ2v) is 5.74. The minimum atomic E-state index is -0.0981. The fourth-order valence-corrected chi connectivity index (χ4v) is 2.87. The van der Waals surface area contributed by atoms with E-state index in [-0.39, 0.29) is 18.1 Å². The van der Waals surface area contributed by atoms with Crippen molar-refractivity contribution in [1.29, 1.82) is 0 Å². The summed E-state index contributed by atoms with van der Waals surface area (Å²) in [6.07, 6.45) is 0.0272. The van der Waals surface area contributed by atoms with Crippen molar-refractivity contribution in [2.75, 3.05) is 20.3 Å². The molecule has 1 saturated heterocycles. The van der Waals surface area contributed by atoms with Gasteiger partial charge in [-0.3, -0.25) is 4.79 Å². The maximum Gasteiger partial charge on any atom is 0.254 e.